The van der Waals surface area contributed by atoms with E-state index >= 15 is 0 Å². The molecule has 3 unspecified atom stereocenters. The van der Waals surface area contributed by atoms with Crippen molar-refractivity contribution in [1.29, 1.82) is 0 Å². The molecule has 354 valence electrons. The summed E-state index contributed by atoms with van der Waals surface area (Å²) in [5, 5.41) is 3.11. The van der Waals surface area contributed by atoms with Crippen LogP contribution < -0.4 is 10.1 Å². The van der Waals surface area contributed by atoms with Crippen LogP contribution in [0.25, 0.3) is 0 Å². The number of hydrogen-bond acceptors (Lipinski definition) is 13. The van der Waals surface area contributed by atoms with Crippen molar-refractivity contribution < 1.29 is 57.1 Å². The molecule has 0 spiro atoms. The van der Waals surface area contributed by atoms with Crippen molar-refractivity contribution >= 4 is 40.8 Å². The first-order valence-electron chi connectivity index (χ1n) is 21.4. The molecule has 0 bridgehead atoms. The second-order valence-corrected chi connectivity index (χ2v) is 19.2. The monoisotopic (exact) mass is 896 g/mol. The van der Waals surface area contributed by atoms with Gasteiger partial charge in [-0.2, -0.15) is 0 Å². The quantitative estimate of drug-likeness (QED) is 0.0582. The third-order valence-corrected chi connectivity index (χ3v) is 10.4. The lowest BCUT2D eigenvalue weighted by Crippen LogP contribution is -2.63. The molecule has 3 atom stereocenters. The molecular weight excluding hydrogens is 819 g/mol. The van der Waals surface area contributed by atoms with Crippen molar-refractivity contribution in [2.24, 2.45) is 11.3 Å². The predicted octanol–water partition coefficient (Wildman–Crippen LogP) is 6.45. The maximum atomic E-state index is 14.7. The summed E-state index contributed by atoms with van der Waals surface area (Å²) in [6.45, 7) is 27.4. The molecule has 0 radical (unpaired) electrons. The number of nitrogens with one attached hydrogen (secondary N) is 1. The SMILES string of the molecule is CCOC(=O)/C(C)=C/C(C(C)C)N(C)C(=O)C(NC(=O)C(N(C)C(=O)OC(C)(C)C)C(C)(C)c1ccc(OCCOCCOCCOCCOCCSC(C)=O)cc1)C(C)(C)C. The number of rotatable bonds is 27. The summed E-state index contributed by atoms with van der Waals surface area (Å²) in [5.41, 5.74) is -1.46. The molecule has 1 aromatic carbocycles. The Morgan fingerprint density at radius 2 is 1.24 bits per heavy atom. The van der Waals surface area contributed by atoms with Crippen molar-refractivity contribution in [2.75, 3.05) is 85.9 Å². The summed E-state index contributed by atoms with van der Waals surface area (Å²) in [6, 6.07) is 4.69. The minimum Gasteiger partial charge on any atom is -0.491 e. The van der Waals surface area contributed by atoms with Crippen LogP contribution in [-0.2, 0) is 53.0 Å². The third kappa shape index (κ3) is 20.7. The van der Waals surface area contributed by atoms with Crippen LogP contribution in [0.1, 0.15) is 95.6 Å². The average molecular weight is 896 g/mol. The van der Waals surface area contributed by atoms with E-state index < -0.39 is 52.5 Å². The van der Waals surface area contributed by atoms with Crippen LogP contribution in [0.4, 0.5) is 4.79 Å². The summed E-state index contributed by atoms with van der Waals surface area (Å²) >= 11 is 1.24. The number of ether oxygens (including phenoxy) is 7. The fraction of sp³-hybridized carbons (Fsp3) is 0.717. The Balaban J connectivity index is 3.05. The van der Waals surface area contributed by atoms with Crippen LogP contribution in [-0.4, -0.2) is 148 Å². The smallest absolute Gasteiger partial charge is 0.410 e. The van der Waals surface area contributed by atoms with E-state index in [1.165, 1.54) is 30.6 Å². The number of esters is 1. The number of likely N-dealkylation sites (N-methyl/N-ethyl adjacent to an activating group) is 2. The topological polar surface area (TPSA) is 168 Å². The van der Waals surface area contributed by atoms with Gasteiger partial charge in [0.05, 0.1) is 65.5 Å². The molecule has 0 aliphatic rings. The van der Waals surface area contributed by atoms with Crippen molar-refractivity contribution in [1.82, 2.24) is 15.1 Å². The third-order valence-electron chi connectivity index (χ3n) is 9.64. The van der Waals surface area contributed by atoms with E-state index in [4.69, 9.17) is 33.2 Å². The zero-order valence-corrected chi connectivity index (χ0v) is 41.0. The molecule has 62 heavy (non-hydrogen) atoms. The minimum atomic E-state index is -1.12. The van der Waals surface area contributed by atoms with Crippen molar-refractivity contribution in [3.63, 3.8) is 0 Å². The van der Waals surface area contributed by atoms with Gasteiger partial charge in [-0.3, -0.25) is 19.3 Å². The van der Waals surface area contributed by atoms with Gasteiger partial charge in [-0.1, -0.05) is 78.4 Å². The molecule has 1 N–H and O–H groups in total. The van der Waals surface area contributed by atoms with Gasteiger partial charge in [0.25, 0.3) is 0 Å². The second-order valence-electron chi connectivity index (χ2n) is 17.9. The molecule has 1 aromatic rings. The standard InChI is InChI=1S/C46H77N3O12S/c1-16-59-42(53)33(4)31-37(32(2)3)48(14)41(52)38(44(6,7)8)47-40(51)39(49(15)43(54)61-45(9,10)11)46(12,13)35-17-19-36(20-18-35)60-28-27-57-24-23-55-21-22-56-25-26-58-29-30-62-34(5)50/h17-20,31-32,37-39H,16,21-30H2,1-15H3,(H,47,51)/b33-31+. The van der Waals surface area contributed by atoms with Crippen LogP contribution in [0.2, 0.25) is 0 Å². The van der Waals surface area contributed by atoms with E-state index in [9.17, 15) is 24.0 Å². The molecule has 1 rings (SSSR count). The summed E-state index contributed by atoms with van der Waals surface area (Å²) in [7, 11) is 3.18. The van der Waals surface area contributed by atoms with Gasteiger partial charge in [0.15, 0.2) is 5.12 Å². The Labute approximate surface area is 375 Å². The lowest BCUT2D eigenvalue weighted by Gasteiger charge is -2.42. The van der Waals surface area contributed by atoms with Crippen molar-refractivity contribution in [3.05, 3.63) is 41.5 Å². The number of thioether (sulfide) groups is 1. The summed E-state index contributed by atoms with van der Waals surface area (Å²) < 4.78 is 38.9. The van der Waals surface area contributed by atoms with E-state index in [2.05, 4.69) is 5.32 Å². The number of nitrogens with zero attached hydrogens (tertiary/aromatic N) is 2. The van der Waals surface area contributed by atoms with E-state index in [0.29, 0.717) is 76.5 Å². The molecule has 0 saturated heterocycles. The van der Waals surface area contributed by atoms with E-state index in [1.807, 2.05) is 60.6 Å². The fourth-order valence-corrected chi connectivity index (χ4v) is 6.82. The first-order chi connectivity index (χ1) is 28.8. The van der Waals surface area contributed by atoms with E-state index in [-0.39, 0.29) is 23.5 Å². The Morgan fingerprint density at radius 3 is 1.69 bits per heavy atom. The van der Waals surface area contributed by atoms with Crippen LogP contribution >= 0.6 is 11.8 Å². The highest BCUT2D eigenvalue weighted by Crippen LogP contribution is 2.33. The molecule has 0 aromatic heterocycles. The number of hydrogen-bond donors (Lipinski definition) is 1. The summed E-state index contributed by atoms with van der Waals surface area (Å²) in [6.07, 6.45) is 1.03. The molecule has 16 heteroatoms. The molecule has 0 heterocycles. The van der Waals surface area contributed by atoms with Crippen LogP contribution in [0.5, 0.6) is 5.75 Å². The number of benzene rings is 1. The van der Waals surface area contributed by atoms with Crippen molar-refractivity contribution in [3.8, 4) is 5.75 Å². The van der Waals surface area contributed by atoms with Gasteiger partial charge in [-0.15, -0.1) is 0 Å². The zero-order valence-electron chi connectivity index (χ0n) is 40.2. The highest BCUT2D eigenvalue weighted by molar-refractivity contribution is 8.13. The van der Waals surface area contributed by atoms with E-state index in [1.54, 1.807) is 64.8 Å². The van der Waals surface area contributed by atoms with Crippen LogP contribution in [0.15, 0.2) is 35.9 Å². The molecule has 0 saturated carbocycles. The lowest BCUT2D eigenvalue weighted by molar-refractivity contribution is -0.142. The molecule has 0 aliphatic carbocycles. The van der Waals surface area contributed by atoms with Crippen molar-refractivity contribution in [2.45, 2.75) is 119 Å². The fourth-order valence-electron chi connectivity index (χ4n) is 6.33. The van der Waals surface area contributed by atoms with Gasteiger partial charge in [0.1, 0.15) is 30.0 Å². The highest BCUT2D eigenvalue weighted by atomic mass is 32.2. The molecular formula is C46H77N3O12S. The Bertz CT molecular complexity index is 1570. The minimum absolute atomic E-state index is 0.0708. The molecule has 15 nitrogen and oxygen atoms in total. The summed E-state index contributed by atoms with van der Waals surface area (Å²) in [4.78, 5) is 68.9. The lowest BCUT2D eigenvalue weighted by atomic mass is 9.76. The number of carbonyl (C=O) groups excluding carboxylic acids is 5. The zero-order chi connectivity index (χ0) is 47.3. The van der Waals surface area contributed by atoms with E-state index in [0.717, 1.165) is 5.56 Å². The van der Waals surface area contributed by atoms with Gasteiger partial charge in [-0.25, -0.2) is 9.59 Å². The van der Waals surface area contributed by atoms with Gasteiger partial charge in [0.2, 0.25) is 11.8 Å². The first kappa shape index (κ1) is 56.3. The molecule has 3 amide bonds. The van der Waals surface area contributed by atoms with Crippen LogP contribution in [0.3, 0.4) is 0 Å². The predicted molar refractivity (Wildman–Crippen MR) is 242 cm³/mol. The van der Waals surface area contributed by atoms with Gasteiger partial charge in [-0.05, 0) is 63.6 Å². The highest BCUT2D eigenvalue weighted by Gasteiger charge is 2.46. The Hall–Kier alpha value is -3.70. The van der Waals surface area contributed by atoms with Gasteiger partial charge in [0, 0.05) is 37.8 Å². The molecule has 0 aliphatic heterocycles. The average Bonchev–Trinajstić information content (AvgIpc) is 3.17. The maximum absolute atomic E-state index is 14.7. The van der Waals surface area contributed by atoms with Crippen LogP contribution in [0, 0.1) is 11.3 Å². The number of carbonyl (C=O) groups is 5. The maximum Gasteiger partial charge on any atom is 0.410 e. The summed E-state index contributed by atoms with van der Waals surface area (Å²) in [5.74, 6) is -0.193. The normalized spacial score (nSPS) is 13.8. The first-order valence-corrected chi connectivity index (χ1v) is 22.4. The second kappa shape index (κ2) is 27.5. The largest absolute Gasteiger partial charge is 0.491 e. The van der Waals surface area contributed by atoms with Gasteiger partial charge >= 0.3 is 12.1 Å². The van der Waals surface area contributed by atoms with Gasteiger partial charge < -0.3 is 43.4 Å². The molecule has 0 fully saturated rings. The Kier molecular flexibility index (Phi) is 25.0. The Morgan fingerprint density at radius 1 is 0.742 bits per heavy atom. The number of amides is 3.